The van der Waals surface area contributed by atoms with Crippen LogP contribution in [0.3, 0.4) is 0 Å². The Morgan fingerprint density at radius 3 is 2.67 bits per heavy atom. The van der Waals surface area contributed by atoms with Gasteiger partial charge in [0.1, 0.15) is 0 Å². The van der Waals surface area contributed by atoms with Gasteiger partial charge in [0.15, 0.2) is 0 Å². The number of hydrogen-bond acceptors (Lipinski definition) is 1. The predicted molar refractivity (Wildman–Crippen MR) is 69.5 cm³/mol. The second kappa shape index (κ2) is 6.90. The Balaban J connectivity index is 2.39. The van der Waals surface area contributed by atoms with Crippen molar-refractivity contribution in [1.29, 1.82) is 0 Å². The lowest BCUT2D eigenvalue weighted by molar-refractivity contribution is -0.0375. The van der Waals surface area contributed by atoms with E-state index in [1.165, 1.54) is 19.3 Å². The number of alkyl halides is 1. The first-order chi connectivity index (χ1) is 7.15. The second-order valence-corrected chi connectivity index (χ2v) is 6.07. The summed E-state index contributed by atoms with van der Waals surface area (Å²) in [6.45, 7) is 7.95. The van der Waals surface area contributed by atoms with Crippen molar-refractivity contribution in [2.75, 3.05) is 11.9 Å². The molecule has 1 aliphatic rings. The zero-order valence-electron chi connectivity index (χ0n) is 10.3. The van der Waals surface area contributed by atoms with E-state index in [0.717, 1.165) is 36.1 Å². The third kappa shape index (κ3) is 4.44. The van der Waals surface area contributed by atoms with Gasteiger partial charge in [-0.15, -0.1) is 0 Å². The van der Waals surface area contributed by atoms with E-state index in [1.807, 2.05) is 0 Å². The topological polar surface area (TPSA) is 9.23 Å². The standard InChI is InChI=1S/C13H25BrO/c1-10(2)12-6-5-11(3)9-13(12)15-8-4-7-14/h10-13H,4-9H2,1-3H3. The molecular formula is C13H25BrO. The van der Waals surface area contributed by atoms with E-state index in [9.17, 15) is 0 Å². The molecule has 1 rings (SSSR count). The van der Waals surface area contributed by atoms with E-state index >= 15 is 0 Å². The summed E-state index contributed by atoms with van der Waals surface area (Å²) in [4.78, 5) is 0. The van der Waals surface area contributed by atoms with Crippen LogP contribution < -0.4 is 0 Å². The summed E-state index contributed by atoms with van der Waals surface area (Å²) < 4.78 is 6.04. The summed E-state index contributed by atoms with van der Waals surface area (Å²) in [5, 5.41) is 1.06. The summed E-state index contributed by atoms with van der Waals surface area (Å²) >= 11 is 3.45. The Labute approximate surface area is 103 Å². The van der Waals surface area contributed by atoms with Crippen LogP contribution in [0.1, 0.15) is 46.5 Å². The molecule has 3 unspecified atom stereocenters. The molecule has 0 amide bonds. The zero-order chi connectivity index (χ0) is 11.3. The summed E-state index contributed by atoms with van der Waals surface area (Å²) in [7, 11) is 0. The van der Waals surface area contributed by atoms with Gasteiger partial charge in [0.05, 0.1) is 6.10 Å². The highest BCUT2D eigenvalue weighted by Gasteiger charge is 2.30. The van der Waals surface area contributed by atoms with Gasteiger partial charge in [-0.25, -0.2) is 0 Å². The van der Waals surface area contributed by atoms with Crippen LogP contribution in [-0.4, -0.2) is 18.0 Å². The molecule has 0 radical (unpaired) electrons. The number of rotatable bonds is 5. The van der Waals surface area contributed by atoms with E-state index < -0.39 is 0 Å². The van der Waals surface area contributed by atoms with Crippen LogP contribution in [-0.2, 0) is 4.74 Å². The van der Waals surface area contributed by atoms with E-state index in [-0.39, 0.29) is 0 Å². The van der Waals surface area contributed by atoms with Crippen LogP contribution in [0.5, 0.6) is 0 Å². The van der Waals surface area contributed by atoms with Crippen molar-refractivity contribution in [1.82, 2.24) is 0 Å². The maximum Gasteiger partial charge on any atom is 0.0608 e. The number of ether oxygens (including phenoxy) is 1. The quantitative estimate of drug-likeness (QED) is 0.539. The lowest BCUT2D eigenvalue weighted by Crippen LogP contribution is -2.34. The second-order valence-electron chi connectivity index (χ2n) is 5.28. The van der Waals surface area contributed by atoms with Gasteiger partial charge in [0, 0.05) is 11.9 Å². The molecule has 1 saturated carbocycles. The minimum atomic E-state index is 0.521. The van der Waals surface area contributed by atoms with Gasteiger partial charge in [-0.1, -0.05) is 43.1 Å². The molecule has 0 aromatic rings. The van der Waals surface area contributed by atoms with Crippen molar-refractivity contribution in [3.8, 4) is 0 Å². The van der Waals surface area contributed by atoms with E-state index in [1.54, 1.807) is 0 Å². The minimum absolute atomic E-state index is 0.521. The SMILES string of the molecule is CC1CCC(C(C)C)C(OCCCBr)C1. The fourth-order valence-corrected chi connectivity index (χ4v) is 2.82. The first-order valence-electron chi connectivity index (χ1n) is 6.32. The van der Waals surface area contributed by atoms with E-state index in [4.69, 9.17) is 4.74 Å². The van der Waals surface area contributed by atoms with Crippen molar-refractivity contribution in [3.63, 3.8) is 0 Å². The summed E-state index contributed by atoms with van der Waals surface area (Å²) in [6.07, 6.45) is 5.67. The van der Waals surface area contributed by atoms with Crippen molar-refractivity contribution in [2.45, 2.75) is 52.6 Å². The molecule has 2 heteroatoms. The van der Waals surface area contributed by atoms with Crippen molar-refractivity contribution in [3.05, 3.63) is 0 Å². The van der Waals surface area contributed by atoms with E-state index in [2.05, 4.69) is 36.7 Å². The van der Waals surface area contributed by atoms with Crippen LogP contribution in [0.25, 0.3) is 0 Å². The van der Waals surface area contributed by atoms with Gasteiger partial charge >= 0.3 is 0 Å². The van der Waals surface area contributed by atoms with Crippen molar-refractivity contribution >= 4 is 15.9 Å². The Morgan fingerprint density at radius 2 is 2.07 bits per heavy atom. The molecule has 0 aliphatic heterocycles. The van der Waals surface area contributed by atoms with Crippen LogP contribution >= 0.6 is 15.9 Å². The molecule has 0 heterocycles. The third-order valence-electron chi connectivity index (χ3n) is 3.57. The van der Waals surface area contributed by atoms with Crippen LogP contribution in [0.15, 0.2) is 0 Å². The first-order valence-corrected chi connectivity index (χ1v) is 7.44. The van der Waals surface area contributed by atoms with Gasteiger partial charge in [0.2, 0.25) is 0 Å². The minimum Gasteiger partial charge on any atom is -0.378 e. The molecule has 0 spiro atoms. The lowest BCUT2D eigenvalue weighted by atomic mass is 9.75. The molecule has 1 fully saturated rings. The van der Waals surface area contributed by atoms with Crippen LogP contribution in [0.2, 0.25) is 0 Å². The van der Waals surface area contributed by atoms with Crippen molar-refractivity contribution in [2.24, 2.45) is 17.8 Å². The Bertz CT molecular complexity index is 170. The highest BCUT2D eigenvalue weighted by atomic mass is 79.9. The third-order valence-corrected chi connectivity index (χ3v) is 4.13. The highest BCUT2D eigenvalue weighted by Crippen LogP contribution is 2.35. The first kappa shape index (κ1) is 13.5. The Kier molecular flexibility index (Phi) is 6.21. The van der Waals surface area contributed by atoms with E-state index in [0.29, 0.717) is 6.10 Å². The molecule has 0 N–H and O–H groups in total. The molecule has 3 atom stereocenters. The van der Waals surface area contributed by atoms with Crippen LogP contribution in [0, 0.1) is 17.8 Å². The molecule has 0 aromatic carbocycles. The molecule has 90 valence electrons. The average molecular weight is 277 g/mol. The average Bonchev–Trinajstić information content (AvgIpc) is 2.18. The predicted octanol–water partition coefficient (Wildman–Crippen LogP) is 4.25. The monoisotopic (exact) mass is 276 g/mol. The Morgan fingerprint density at radius 1 is 1.33 bits per heavy atom. The molecule has 1 aliphatic carbocycles. The van der Waals surface area contributed by atoms with Crippen molar-refractivity contribution < 1.29 is 4.74 Å². The number of halogens is 1. The maximum atomic E-state index is 6.04. The molecule has 15 heavy (non-hydrogen) atoms. The van der Waals surface area contributed by atoms with Gasteiger partial charge in [-0.05, 0) is 37.0 Å². The lowest BCUT2D eigenvalue weighted by Gasteiger charge is -2.37. The number of hydrogen-bond donors (Lipinski definition) is 0. The maximum absolute atomic E-state index is 6.04. The van der Waals surface area contributed by atoms with Gasteiger partial charge in [-0.2, -0.15) is 0 Å². The zero-order valence-corrected chi connectivity index (χ0v) is 11.9. The molecule has 1 nitrogen and oxygen atoms in total. The van der Waals surface area contributed by atoms with Crippen LogP contribution in [0.4, 0.5) is 0 Å². The highest BCUT2D eigenvalue weighted by molar-refractivity contribution is 9.09. The molecular weight excluding hydrogens is 252 g/mol. The molecule has 0 aromatic heterocycles. The van der Waals surface area contributed by atoms with Gasteiger partial charge < -0.3 is 4.74 Å². The van der Waals surface area contributed by atoms with Gasteiger partial charge in [-0.3, -0.25) is 0 Å². The smallest absolute Gasteiger partial charge is 0.0608 e. The van der Waals surface area contributed by atoms with Gasteiger partial charge in [0.25, 0.3) is 0 Å². The fraction of sp³-hybridized carbons (Fsp3) is 1.00. The Hall–Kier alpha value is 0.440. The summed E-state index contributed by atoms with van der Waals surface area (Å²) in [5.74, 6) is 2.41. The fourth-order valence-electron chi connectivity index (χ4n) is 2.60. The molecule has 0 bridgehead atoms. The summed E-state index contributed by atoms with van der Waals surface area (Å²) in [6, 6.07) is 0. The normalized spacial score (nSPS) is 32.2. The molecule has 0 saturated heterocycles. The largest absolute Gasteiger partial charge is 0.378 e. The summed E-state index contributed by atoms with van der Waals surface area (Å²) in [5.41, 5.74) is 0.